The van der Waals surface area contributed by atoms with Crippen LogP contribution in [0.25, 0.3) is 0 Å². The van der Waals surface area contributed by atoms with E-state index >= 15 is 0 Å². The summed E-state index contributed by atoms with van der Waals surface area (Å²) in [6.45, 7) is 2.30. The maximum absolute atomic E-state index is 12.7. The number of nitrogens with two attached hydrogens (primary N) is 1. The third-order valence-corrected chi connectivity index (χ3v) is 2.84. The SMILES string of the molecule is COCCOCCCCNc1ccc(N)c(C(F)(F)F)c1. The lowest BCUT2D eigenvalue weighted by Gasteiger charge is -2.13. The molecular weight excluding hydrogens is 285 g/mol. The number of methoxy groups -OCH3 is 1. The smallest absolute Gasteiger partial charge is 0.398 e. The molecule has 0 atom stereocenters. The Kier molecular flexibility index (Phi) is 7.31. The maximum atomic E-state index is 12.7. The quantitative estimate of drug-likeness (QED) is 0.543. The van der Waals surface area contributed by atoms with Crippen molar-refractivity contribution in [1.82, 2.24) is 0 Å². The van der Waals surface area contributed by atoms with Gasteiger partial charge in [0, 0.05) is 31.6 Å². The summed E-state index contributed by atoms with van der Waals surface area (Å²) < 4.78 is 48.2. The lowest BCUT2D eigenvalue weighted by molar-refractivity contribution is -0.136. The molecule has 0 aliphatic carbocycles. The highest BCUT2D eigenvalue weighted by Crippen LogP contribution is 2.35. The molecule has 1 aromatic carbocycles. The lowest BCUT2D eigenvalue weighted by Crippen LogP contribution is -2.11. The summed E-state index contributed by atoms with van der Waals surface area (Å²) in [7, 11) is 1.61. The minimum absolute atomic E-state index is 0.264. The first-order valence-electron chi connectivity index (χ1n) is 6.72. The Bertz CT molecular complexity index is 425. The summed E-state index contributed by atoms with van der Waals surface area (Å²) in [5, 5.41) is 2.95. The highest BCUT2D eigenvalue weighted by atomic mass is 19.4. The van der Waals surface area contributed by atoms with Gasteiger partial charge in [-0.2, -0.15) is 13.2 Å². The van der Waals surface area contributed by atoms with E-state index in [0.29, 0.717) is 32.1 Å². The van der Waals surface area contributed by atoms with Crippen LogP contribution in [0.2, 0.25) is 0 Å². The minimum atomic E-state index is -4.43. The van der Waals surface area contributed by atoms with Gasteiger partial charge in [0.15, 0.2) is 0 Å². The van der Waals surface area contributed by atoms with Gasteiger partial charge in [-0.05, 0) is 31.0 Å². The third kappa shape index (κ3) is 6.68. The Labute approximate surface area is 122 Å². The fraction of sp³-hybridized carbons (Fsp3) is 0.571. The number of ether oxygens (including phenoxy) is 2. The first-order valence-corrected chi connectivity index (χ1v) is 6.72. The van der Waals surface area contributed by atoms with Crippen molar-refractivity contribution < 1.29 is 22.6 Å². The molecular formula is C14H21F3N2O2. The predicted octanol–water partition coefficient (Wildman–Crippen LogP) is 3.14. The first-order chi connectivity index (χ1) is 9.95. The number of unbranched alkanes of at least 4 members (excludes halogenated alkanes) is 1. The number of nitrogen functional groups attached to an aromatic ring is 1. The van der Waals surface area contributed by atoms with Crippen molar-refractivity contribution in [2.24, 2.45) is 0 Å². The molecule has 120 valence electrons. The molecule has 0 saturated heterocycles. The molecule has 21 heavy (non-hydrogen) atoms. The van der Waals surface area contributed by atoms with Crippen LogP contribution in [-0.4, -0.2) is 33.5 Å². The van der Waals surface area contributed by atoms with Crippen LogP contribution in [0.4, 0.5) is 24.5 Å². The van der Waals surface area contributed by atoms with Gasteiger partial charge in [-0.3, -0.25) is 0 Å². The maximum Gasteiger partial charge on any atom is 0.418 e. The average Bonchev–Trinajstić information content (AvgIpc) is 2.42. The molecule has 0 aliphatic heterocycles. The van der Waals surface area contributed by atoms with Crippen LogP contribution in [0, 0.1) is 0 Å². The van der Waals surface area contributed by atoms with E-state index in [1.807, 2.05) is 0 Å². The van der Waals surface area contributed by atoms with E-state index in [-0.39, 0.29) is 5.69 Å². The summed E-state index contributed by atoms with van der Waals surface area (Å²) in [5.74, 6) is 0. The Morgan fingerprint density at radius 3 is 2.57 bits per heavy atom. The molecule has 1 rings (SSSR count). The summed E-state index contributed by atoms with van der Waals surface area (Å²) in [6, 6.07) is 3.84. The fourth-order valence-electron chi connectivity index (χ4n) is 1.72. The monoisotopic (exact) mass is 306 g/mol. The number of hydrogen-bond donors (Lipinski definition) is 2. The first kappa shape index (κ1) is 17.6. The van der Waals surface area contributed by atoms with Crippen LogP contribution in [0.5, 0.6) is 0 Å². The van der Waals surface area contributed by atoms with E-state index in [1.165, 1.54) is 6.07 Å². The van der Waals surface area contributed by atoms with Crippen molar-refractivity contribution in [2.75, 3.05) is 44.5 Å². The Balaban J connectivity index is 2.30. The Hall–Kier alpha value is -1.47. The molecule has 1 aromatic rings. The number of alkyl halides is 3. The molecule has 0 unspecified atom stereocenters. The summed E-state index contributed by atoms with van der Waals surface area (Å²) in [5.41, 5.74) is 4.68. The van der Waals surface area contributed by atoms with Crippen LogP contribution >= 0.6 is 0 Å². The molecule has 7 heteroatoms. The number of hydrogen-bond acceptors (Lipinski definition) is 4. The largest absolute Gasteiger partial charge is 0.418 e. The number of benzene rings is 1. The molecule has 4 nitrogen and oxygen atoms in total. The van der Waals surface area contributed by atoms with Crippen LogP contribution in [0.3, 0.4) is 0 Å². The van der Waals surface area contributed by atoms with Crippen molar-refractivity contribution in [1.29, 1.82) is 0 Å². The number of rotatable bonds is 9. The van der Waals surface area contributed by atoms with E-state index in [4.69, 9.17) is 15.2 Å². The Morgan fingerprint density at radius 1 is 1.14 bits per heavy atom. The number of halogens is 3. The number of anilines is 2. The summed E-state index contributed by atoms with van der Waals surface area (Å²) >= 11 is 0. The van der Waals surface area contributed by atoms with Crippen LogP contribution in [-0.2, 0) is 15.7 Å². The van der Waals surface area contributed by atoms with E-state index in [1.54, 1.807) is 13.2 Å². The van der Waals surface area contributed by atoms with Gasteiger partial charge >= 0.3 is 6.18 Å². The van der Waals surface area contributed by atoms with E-state index in [0.717, 1.165) is 18.9 Å². The van der Waals surface area contributed by atoms with E-state index in [9.17, 15) is 13.2 Å². The molecule has 0 spiro atoms. The molecule has 0 amide bonds. The van der Waals surface area contributed by atoms with Gasteiger partial charge in [-0.25, -0.2) is 0 Å². The van der Waals surface area contributed by atoms with Crippen molar-refractivity contribution in [2.45, 2.75) is 19.0 Å². The number of nitrogens with one attached hydrogen (secondary N) is 1. The highest BCUT2D eigenvalue weighted by Gasteiger charge is 2.33. The van der Waals surface area contributed by atoms with Gasteiger partial charge in [0.05, 0.1) is 18.8 Å². The molecule has 0 fully saturated rings. The molecule has 0 saturated carbocycles. The van der Waals surface area contributed by atoms with Gasteiger partial charge in [-0.15, -0.1) is 0 Å². The van der Waals surface area contributed by atoms with Gasteiger partial charge in [0.1, 0.15) is 0 Å². The summed E-state index contributed by atoms with van der Waals surface area (Å²) in [6.07, 6.45) is -2.80. The second kappa shape index (κ2) is 8.74. The zero-order chi connectivity index (χ0) is 15.7. The molecule has 3 N–H and O–H groups in total. The average molecular weight is 306 g/mol. The summed E-state index contributed by atoms with van der Waals surface area (Å²) in [4.78, 5) is 0. The molecule has 0 radical (unpaired) electrons. The zero-order valence-electron chi connectivity index (χ0n) is 12.0. The van der Waals surface area contributed by atoms with Crippen LogP contribution in [0.15, 0.2) is 18.2 Å². The van der Waals surface area contributed by atoms with Gasteiger partial charge < -0.3 is 20.5 Å². The van der Waals surface area contributed by atoms with Crippen molar-refractivity contribution in [3.63, 3.8) is 0 Å². The zero-order valence-corrected chi connectivity index (χ0v) is 12.0. The van der Waals surface area contributed by atoms with Crippen LogP contribution < -0.4 is 11.1 Å². The topological polar surface area (TPSA) is 56.5 Å². The second-order valence-electron chi connectivity index (χ2n) is 4.54. The third-order valence-electron chi connectivity index (χ3n) is 2.84. The molecule has 0 aromatic heterocycles. The fourth-order valence-corrected chi connectivity index (χ4v) is 1.72. The Morgan fingerprint density at radius 2 is 1.90 bits per heavy atom. The van der Waals surface area contributed by atoms with E-state index in [2.05, 4.69) is 5.32 Å². The molecule has 0 heterocycles. The van der Waals surface area contributed by atoms with Gasteiger partial charge in [0.25, 0.3) is 0 Å². The normalized spacial score (nSPS) is 11.6. The molecule has 0 aliphatic rings. The molecule has 0 bridgehead atoms. The van der Waals surface area contributed by atoms with Crippen molar-refractivity contribution >= 4 is 11.4 Å². The lowest BCUT2D eigenvalue weighted by atomic mass is 10.1. The van der Waals surface area contributed by atoms with Gasteiger partial charge in [0.2, 0.25) is 0 Å². The minimum Gasteiger partial charge on any atom is -0.398 e. The van der Waals surface area contributed by atoms with E-state index < -0.39 is 11.7 Å². The van der Waals surface area contributed by atoms with Crippen molar-refractivity contribution in [3.05, 3.63) is 23.8 Å². The standard InChI is InChI=1S/C14H21F3N2O2/c1-20-8-9-21-7-3-2-6-19-11-4-5-13(18)12(10-11)14(15,16)17/h4-5,10,19H,2-3,6-9,18H2,1H3. The highest BCUT2D eigenvalue weighted by molar-refractivity contribution is 5.58. The van der Waals surface area contributed by atoms with Crippen LogP contribution in [0.1, 0.15) is 18.4 Å². The van der Waals surface area contributed by atoms with Crippen molar-refractivity contribution in [3.8, 4) is 0 Å². The van der Waals surface area contributed by atoms with Gasteiger partial charge in [-0.1, -0.05) is 0 Å². The predicted molar refractivity (Wildman–Crippen MR) is 76.3 cm³/mol. The second-order valence-corrected chi connectivity index (χ2v) is 4.54.